The molecule has 16 heavy (non-hydrogen) atoms. The number of amides is 1. The second-order valence-electron chi connectivity index (χ2n) is 4.05. The first-order valence-electron chi connectivity index (χ1n) is 5.39. The van der Waals surface area contributed by atoms with Crippen molar-refractivity contribution in [1.29, 1.82) is 0 Å². The zero-order valence-electron chi connectivity index (χ0n) is 9.23. The molecule has 1 aromatic rings. The molecule has 88 valence electrons. The molecule has 1 amide bonds. The Hall–Kier alpha value is -0.940. The van der Waals surface area contributed by atoms with Crippen molar-refractivity contribution < 1.29 is 9.21 Å². The van der Waals surface area contributed by atoms with Crippen LogP contribution in [-0.4, -0.2) is 23.7 Å². The molecule has 1 saturated carbocycles. The van der Waals surface area contributed by atoms with E-state index in [1.54, 1.807) is 18.0 Å². The summed E-state index contributed by atoms with van der Waals surface area (Å²) in [7, 11) is 0. The quantitative estimate of drug-likeness (QED) is 0.735. The van der Waals surface area contributed by atoms with E-state index in [9.17, 15) is 4.79 Å². The number of furan rings is 1. The van der Waals surface area contributed by atoms with Crippen LogP contribution in [0.15, 0.2) is 21.6 Å². The number of nitrogens with one attached hydrogen (secondary N) is 1. The van der Waals surface area contributed by atoms with Crippen molar-refractivity contribution in [2.45, 2.75) is 36.7 Å². The lowest BCUT2D eigenvalue weighted by molar-refractivity contribution is -0.119. The van der Waals surface area contributed by atoms with E-state index in [0.717, 1.165) is 23.5 Å². The topological polar surface area (TPSA) is 68.3 Å². The first-order chi connectivity index (χ1) is 7.66. The van der Waals surface area contributed by atoms with Gasteiger partial charge in [-0.3, -0.25) is 4.79 Å². The molecule has 1 unspecified atom stereocenters. The van der Waals surface area contributed by atoms with Gasteiger partial charge in [-0.1, -0.05) is 0 Å². The summed E-state index contributed by atoms with van der Waals surface area (Å²) in [4.78, 5) is 12.3. The van der Waals surface area contributed by atoms with Gasteiger partial charge in [-0.15, -0.1) is 11.8 Å². The standard InChI is InChI=1S/C11H16N2O2S/c1-7-10(4-5-15-7)16-6-9(11(12)14)13-8-2-3-8/h4-5,8-9,13H,2-3,6H2,1H3,(H2,12,14). The van der Waals surface area contributed by atoms with Crippen LogP contribution in [0.2, 0.25) is 0 Å². The lowest BCUT2D eigenvalue weighted by atomic mass is 10.3. The van der Waals surface area contributed by atoms with Crippen LogP contribution in [0.1, 0.15) is 18.6 Å². The largest absolute Gasteiger partial charge is 0.468 e. The van der Waals surface area contributed by atoms with Crippen LogP contribution in [0.5, 0.6) is 0 Å². The predicted molar refractivity (Wildman–Crippen MR) is 63.3 cm³/mol. The molecule has 3 N–H and O–H groups in total. The van der Waals surface area contributed by atoms with Gasteiger partial charge in [0.05, 0.1) is 12.3 Å². The molecule has 1 aliphatic rings. The molecule has 2 rings (SSSR count). The second-order valence-corrected chi connectivity index (χ2v) is 5.11. The number of thioether (sulfide) groups is 1. The first-order valence-corrected chi connectivity index (χ1v) is 6.37. The second kappa shape index (κ2) is 4.93. The van der Waals surface area contributed by atoms with E-state index in [4.69, 9.17) is 10.2 Å². The van der Waals surface area contributed by atoms with Crippen LogP contribution in [0.4, 0.5) is 0 Å². The summed E-state index contributed by atoms with van der Waals surface area (Å²) < 4.78 is 5.19. The number of primary amides is 1. The molecular weight excluding hydrogens is 224 g/mol. The van der Waals surface area contributed by atoms with Gasteiger partial charge in [0.2, 0.25) is 5.91 Å². The van der Waals surface area contributed by atoms with Crippen LogP contribution in [0.3, 0.4) is 0 Å². The molecule has 4 nitrogen and oxygen atoms in total. The summed E-state index contributed by atoms with van der Waals surface area (Å²) in [5.41, 5.74) is 5.35. The molecule has 0 bridgehead atoms. The van der Waals surface area contributed by atoms with Crippen molar-refractivity contribution in [3.05, 3.63) is 18.1 Å². The Morgan fingerprint density at radius 1 is 1.75 bits per heavy atom. The Morgan fingerprint density at radius 2 is 2.50 bits per heavy atom. The third-order valence-electron chi connectivity index (χ3n) is 2.57. The predicted octanol–water partition coefficient (Wildman–Crippen LogP) is 1.29. The Bertz CT molecular complexity index is 374. The van der Waals surface area contributed by atoms with E-state index in [1.807, 2.05) is 13.0 Å². The zero-order valence-corrected chi connectivity index (χ0v) is 10.0. The van der Waals surface area contributed by atoms with E-state index in [1.165, 1.54) is 0 Å². The van der Waals surface area contributed by atoms with Crippen LogP contribution in [0, 0.1) is 6.92 Å². The highest BCUT2D eigenvalue weighted by Crippen LogP contribution is 2.25. The Balaban J connectivity index is 1.85. The van der Waals surface area contributed by atoms with E-state index in [2.05, 4.69) is 5.32 Å². The van der Waals surface area contributed by atoms with Gasteiger partial charge in [-0.25, -0.2) is 0 Å². The zero-order chi connectivity index (χ0) is 11.5. The van der Waals surface area contributed by atoms with Crippen LogP contribution >= 0.6 is 11.8 Å². The average Bonchev–Trinajstić information content (AvgIpc) is 2.96. The number of hydrogen-bond acceptors (Lipinski definition) is 4. The fourth-order valence-corrected chi connectivity index (χ4v) is 2.45. The summed E-state index contributed by atoms with van der Waals surface area (Å²) in [6.07, 6.45) is 3.96. The molecule has 0 radical (unpaired) electrons. The summed E-state index contributed by atoms with van der Waals surface area (Å²) >= 11 is 1.60. The maximum atomic E-state index is 11.2. The minimum atomic E-state index is -0.277. The minimum absolute atomic E-state index is 0.244. The molecule has 0 saturated heterocycles. The highest BCUT2D eigenvalue weighted by atomic mass is 32.2. The number of rotatable bonds is 6. The molecular formula is C11H16N2O2S. The van der Waals surface area contributed by atoms with E-state index < -0.39 is 0 Å². The van der Waals surface area contributed by atoms with Crippen molar-refractivity contribution in [1.82, 2.24) is 5.32 Å². The number of nitrogens with two attached hydrogens (primary N) is 1. The number of carbonyl (C=O) groups is 1. The number of carbonyl (C=O) groups excluding carboxylic acids is 1. The lowest BCUT2D eigenvalue weighted by Gasteiger charge is -2.13. The summed E-state index contributed by atoms with van der Waals surface area (Å²) in [6.45, 7) is 1.91. The molecule has 0 aliphatic heterocycles. The molecule has 1 atom stereocenters. The van der Waals surface area contributed by atoms with Gasteiger partial charge in [0.1, 0.15) is 5.76 Å². The molecule has 1 aromatic heterocycles. The SMILES string of the molecule is Cc1occc1SCC(NC1CC1)C(N)=O. The third kappa shape index (κ3) is 3.02. The van der Waals surface area contributed by atoms with E-state index in [0.29, 0.717) is 11.8 Å². The highest BCUT2D eigenvalue weighted by molar-refractivity contribution is 7.99. The van der Waals surface area contributed by atoms with Crippen molar-refractivity contribution >= 4 is 17.7 Å². The summed E-state index contributed by atoms with van der Waals surface area (Å²) in [6, 6.07) is 2.16. The van der Waals surface area contributed by atoms with E-state index in [-0.39, 0.29) is 11.9 Å². The molecule has 1 fully saturated rings. The van der Waals surface area contributed by atoms with Gasteiger partial charge in [0, 0.05) is 16.7 Å². The normalized spacial score (nSPS) is 17.3. The van der Waals surface area contributed by atoms with Gasteiger partial charge in [0.15, 0.2) is 0 Å². The van der Waals surface area contributed by atoms with E-state index >= 15 is 0 Å². The monoisotopic (exact) mass is 240 g/mol. The third-order valence-corrected chi connectivity index (χ3v) is 3.81. The van der Waals surface area contributed by atoms with Gasteiger partial charge in [-0.2, -0.15) is 0 Å². The van der Waals surface area contributed by atoms with Gasteiger partial charge in [0.25, 0.3) is 0 Å². The van der Waals surface area contributed by atoms with Gasteiger partial charge >= 0.3 is 0 Å². The first kappa shape index (κ1) is 11.5. The van der Waals surface area contributed by atoms with Crippen LogP contribution < -0.4 is 11.1 Å². The lowest BCUT2D eigenvalue weighted by Crippen LogP contribution is -2.44. The number of hydrogen-bond donors (Lipinski definition) is 2. The van der Waals surface area contributed by atoms with Crippen LogP contribution in [0.25, 0.3) is 0 Å². The van der Waals surface area contributed by atoms with Gasteiger partial charge < -0.3 is 15.5 Å². The number of aryl methyl sites for hydroxylation is 1. The molecule has 0 spiro atoms. The Kier molecular flexibility index (Phi) is 3.56. The Morgan fingerprint density at radius 3 is 3.00 bits per heavy atom. The maximum absolute atomic E-state index is 11.2. The molecule has 1 aliphatic carbocycles. The van der Waals surface area contributed by atoms with Crippen molar-refractivity contribution in [2.24, 2.45) is 5.73 Å². The smallest absolute Gasteiger partial charge is 0.235 e. The highest BCUT2D eigenvalue weighted by Gasteiger charge is 2.27. The average molecular weight is 240 g/mol. The molecule has 1 heterocycles. The summed E-state index contributed by atoms with van der Waals surface area (Å²) in [5, 5.41) is 3.25. The van der Waals surface area contributed by atoms with Crippen molar-refractivity contribution in [3.8, 4) is 0 Å². The Labute approximate surface area is 98.9 Å². The summed E-state index contributed by atoms with van der Waals surface area (Å²) in [5.74, 6) is 1.27. The van der Waals surface area contributed by atoms with Crippen LogP contribution in [-0.2, 0) is 4.79 Å². The van der Waals surface area contributed by atoms with Gasteiger partial charge in [-0.05, 0) is 25.8 Å². The molecule has 0 aromatic carbocycles. The minimum Gasteiger partial charge on any atom is -0.468 e. The fourth-order valence-electron chi connectivity index (χ4n) is 1.44. The fraction of sp³-hybridized carbons (Fsp3) is 0.545. The van der Waals surface area contributed by atoms with Crippen molar-refractivity contribution in [3.63, 3.8) is 0 Å². The maximum Gasteiger partial charge on any atom is 0.235 e. The van der Waals surface area contributed by atoms with Crippen molar-refractivity contribution in [2.75, 3.05) is 5.75 Å². The molecule has 5 heteroatoms.